The summed E-state index contributed by atoms with van der Waals surface area (Å²) in [6, 6.07) is 0. The molecule has 0 atom stereocenters. The number of nitrogens with one attached hydrogen (secondary N) is 1. The number of nitrogens with zero attached hydrogens (tertiary/aromatic N) is 1. The Kier molecular flexibility index (Phi) is 2.68. The highest BCUT2D eigenvalue weighted by Gasteiger charge is 2.09. The summed E-state index contributed by atoms with van der Waals surface area (Å²) >= 11 is 0. The van der Waals surface area contributed by atoms with Gasteiger partial charge in [0.2, 0.25) is 13.7 Å². The Hall–Kier alpha value is -1.79. The average molecular weight is 180 g/mol. The standard InChI is InChI=1S/C6H5BN2O4/c7-6(12)8-1-4-9-3(2-13-4)5(10)11/h2H,1H2,(H,8,12)(H,10,11). The van der Waals surface area contributed by atoms with Crippen LogP contribution in [0.4, 0.5) is 4.79 Å². The highest BCUT2D eigenvalue weighted by Crippen LogP contribution is 2.00. The van der Waals surface area contributed by atoms with Crippen LogP contribution in [0.15, 0.2) is 10.7 Å². The van der Waals surface area contributed by atoms with Crippen LogP contribution < -0.4 is 5.32 Å². The molecular weight excluding hydrogens is 175 g/mol. The normalized spacial score (nSPS) is 9.54. The number of amides is 1. The highest BCUT2D eigenvalue weighted by molar-refractivity contribution is 6.57. The van der Waals surface area contributed by atoms with Crippen molar-refractivity contribution in [1.82, 2.24) is 10.3 Å². The van der Waals surface area contributed by atoms with Crippen molar-refractivity contribution < 1.29 is 19.1 Å². The van der Waals surface area contributed by atoms with Gasteiger partial charge in [-0.3, -0.25) is 4.79 Å². The first kappa shape index (κ1) is 9.30. The van der Waals surface area contributed by atoms with E-state index in [2.05, 4.69) is 10.3 Å². The Labute approximate surface area is 74.4 Å². The molecule has 0 spiro atoms. The Balaban J connectivity index is 2.59. The molecule has 66 valence electrons. The first-order chi connectivity index (χ1) is 6.09. The number of carboxylic acids is 1. The molecule has 13 heavy (non-hydrogen) atoms. The molecule has 6 nitrogen and oxygen atoms in total. The van der Waals surface area contributed by atoms with Gasteiger partial charge in [-0.15, -0.1) is 0 Å². The minimum Gasteiger partial charge on any atom is -0.476 e. The van der Waals surface area contributed by atoms with Crippen molar-refractivity contribution in [2.24, 2.45) is 0 Å². The van der Waals surface area contributed by atoms with E-state index >= 15 is 0 Å². The van der Waals surface area contributed by atoms with Crippen LogP contribution in [0.5, 0.6) is 0 Å². The van der Waals surface area contributed by atoms with Crippen molar-refractivity contribution in [3.63, 3.8) is 0 Å². The van der Waals surface area contributed by atoms with E-state index in [4.69, 9.17) is 17.4 Å². The van der Waals surface area contributed by atoms with Crippen molar-refractivity contribution in [3.8, 4) is 0 Å². The number of rotatable bonds is 3. The Morgan fingerprint density at radius 2 is 2.38 bits per heavy atom. The topological polar surface area (TPSA) is 92.4 Å². The van der Waals surface area contributed by atoms with Crippen LogP contribution in [0, 0.1) is 0 Å². The molecule has 0 aliphatic heterocycles. The second-order valence-corrected chi connectivity index (χ2v) is 2.15. The van der Waals surface area contributed by atoms with Gasteiger partial charge in [-0.2, -0.15) is 0 Å². The van der Waals surface area contributed by atoms with Gasteiger partial charge in [-0.25, -0.2) is 9.78 Å². The molecule has 1 aromatic rings. The summed E-state index contributed by atoms with van der Waals surface area (Å²) in [5.41, 5.74) is -0.207. The summed E-state index contributed by atoms with van der Waals surface area (Å²) in [7, 11) is 4.77. The Bertz CT molecular complexity index is 335. The molecule has 0 unspecified atom stereocenters. The zero-order chi connectivity index (χ0) is 9.84. The molecule has 0 fully saturated rings. The minimum absolute atomic E-state index is 0.0252. The van der Waals surface area contributed by atoms with E-state index in [9.17, 15) is 9.59 Å². The lowest BCUT2D eigenvalue weighted by Crippen LogP contribution is -2.20. The summed E-state index contributed by atoms with van der Waals surface area (Å²) in [5.74, 6) is -1.82. The second kappa shape index (κ2) is 3.75. The molecule has 2 radical (unpaired) electrons. The van der Waals surface area contributed by atoms with E-state index < -0.39 is 11.8 Å². The lowest BCUT2D eigenvalue weighted by atomic mass is 10.1. The summed E-state index contributed by atoms with van der Waals surface area (Å²) in [6.45, 7) is -0.0252. The van der Waals surface area contributed by atoms with E-state index in [1.54, 1.807) is 0 Å². The Morgan fingerprint density at radius 3 is 2.85 bits per heavy atom. The van der Waals surface area contributed by atoms with Gasteiger partial charge < -0.3 is 14.8 Å². The molecule has 0 saturated carbocycles. The van der Waals surface area contributed by atoms with Crippen LogP contribution in [-0.2, 0) is 6.54 Å². The lowest BCUT2D eigenvalue weighted by Gasteiger charge is -1.95. The summed E-state index contributed by atoms with van der Waals surface area (Å²) < 4.78 is 4.71. The van der Waals surface area contributed by atoms with E-state index in [1.165, 1.54) is 0 Å². The van der Waals surface area contributed by atoms with Crippen molar-refractivity contribution in [3.05, 3.63) is 17.8 Å². The number of aromatic carboxylic acids is 1. The van der Waals surface area contributed by atoms with Gasteiger partial charge in [0, 0.05) is 0 Å². The van der Waals surface area contributed by atoms with Crippen molar-refractivity contribution >= 4 is 19.6 Å². The van der Waals surface area contributed by atoms with Gasteiger partial charge in [-0.05, 0) is 0 Å². The molecule has 0 saturated heterocycles. The van der Waals surface area contributed by atoms with E-state index in [0.29, 0.717) is 0 Å². The van der Waals surface area contributed by atoms with Crippen LogP contribution >= 0.6 is 0 Å². The van der Waals surface area contributed by atoms with Crippen LogP contribution in [-0.4, -0.2) is 29.7 Å². The van der Waals surface area contributed by atoms with Crippen LogP contribution in [0.25, 0.3) is 0 Å². The number of carbonyl (C=O) groups is 2. The molecule has 0 aromatic carbocycles. The van der Waals surface area contributed by atoms with Crippen molar-refractivity contribution in [2.45, 2.75) is 6.54 Å². The summed E-state index contributed by atoms with van der Waals surface area (Å²) in [5, 5.41) is 10.6. The highest BCUT2D eigenvalue weighted by atomic mass is 16.4. The van der Waals surface area contributed by atoms with E-state index in [0.717, 1.165) is 6.26 Å². The predicted molar refractivity (Wildman–Crippen MR) is 41.5 cm³/mol. The SMILES string of the molecule is [B]C(=O)NCc1nc(C(=O)O)co1. The third-order valence-electron chi connectivity index (χ3n) is 1.18. The maximum absolute atomic E-state index is 10.3. The number of aromatic nitrogens is 1. The number of hydrogen-bond acceptors (Lipinski definition) is 4. The van der Waals surface area contributed by atoms with Gasteiger partial charge in [0.25, 0.3) is 0 Å². The lowest BCUT2D eigenvalue weighted by molar-refractivity contribution is 0.0690. The van der Waals surface area contributed by atoms with Crippen molar-refractivity contribution in [1.29, 1.82) is 0 Å². The van der Waals surface area contributed by atoms with Crippen molar-refractivity contribution in [2.75, 3.05) is 0 Å². The predicted octanol–water partition coefficient (Wildman–Crippen LogP) is -0.249. The average Bonchev–Trinajstić information content (AvgIpc) is 2.48. The van der Waals surface area contributed by atoms with E-state index in [-0.39, 0.29) is 18.1 Å². The molecule has 1 aromatic heterocycles. The van der Waals surface area contributed by atoms with Crippen LogP contribution in [0.2, 0.25) is 0 Å². The van der Waals surface area contributed by atoms with E-state index in [1.807, 2.05) is 0 Å². The van der Waals surface area contributed by atoms with Crippen LogP contribution in [0.1, 0.15) is 16.4 Å². The number of oxazole rings is 1. The quantitative estimate of drug-likeness (QED) is 0.625. The number of carbonyl (C=O) groups excluding carboxylic acids is 1. The fraction of sp³-hybridized carbons (Fsp3) is 0.167. The first-order valence-electron chi connectivity index (χ1n) is 3.30. The first-order valence-corrected chi connectivity index (χ1v) is 3.30. The third kappa shape index (κ3) is 2.62. The van der Waals surface area contributed by atoms with Gasteiger partial charge in [-0.1, -0.05) is 0 Å². The van der Waals surface area contributed by atoms with Gasteiger partial charge >= 0.3 is 5.97 Å². The van der Waals surface area contributed by atoms with Gasteiger partial charge in [0.1, 0.15) is 6.26 Å². The maximum atomic E-state index is 10.3. The molecular formula is C6H5BN2O4. The smallest absolute Gasteiger partial charge is 0.357 e. The Morgan fingerprint density at radius 1 is 1.69 bits per heavy atom. The molecule has 7 heteroatoms. The van der Waals surface area contributed by atoms with Crippen LogP contribution in [0.3, 0.4) is 0 Å². The molecule has 0 bridgehead atoms. The zero-order valence-electron chi connectivity index (χ0n) is 6.48. The molecule has 1 rings (SSSR count). The maximum Gasteiger partial charge on any atom is 0.357 e. The monoisotopic (exact) mass is 180 g/mol. The number of hydrogen-bond donors (Lipinski definition) is 2. The molecule has 1 heterocycles. The molecule has 1 amide bonds. The molecule has 0 aliphatic rings. The minimum atomic E-state index is -1.19. The largest absolute Gasteiger partial charge is 0.476 e. The fourth-order valence-corrected chi connectivity index (χ4v) is 0.653. The summed E-state index contributed by atoms with van der Waals surface area (Å²) in [6.07, 6.45) is 0.986. The van der Waals surface area contributed by atoms with Gasteiger partial charge in [0.15, 0.2) is 11.5 Å². The fourth-order valence-electron chi connectivity index (χ4n) is 0.653. The number of carboxylic acid groups (broad SMARTS) is 1. The van der Waals surface area contributed by atoms with Gasteiger partial charge in [0.05, 0.1) is 6.54 Å². The molecule has 0 aliphatic carbocycles. The summed E-state index contributed by atoms with van der Waals surface area (Å²) in [4.78, 5) is 24.1. The third-order valence-corrected chi connectivity index (χ3v) is 1.18. The zero-order valence-corrected chi connectivity index (χ0v) is 6.48. The molecule has 2 N–H and O–H groups in total. The second-order valence-electron chi connectivity index (χ2n) is 2.15.